The minimum atomic E-state index is 0.106. The quantitative estimate of drug-likeness (QED) is 0.609. The molecule has 142 valence electrons. The predicted octanol–water partition coefficient (Wildman–Crippen LogP) is 2.72. The fourth-order valence-electron chi connectivity index (χ4n) is 2.74. The van der Waals surface area contributed by atoms with Gasteiger partial charge in [0.25, 0.3) is 0 Å². The van der Waals surface area contributed by atoms with Gasteiger partial charge in [0.05, 0.1) is 13.3 Å². The Kier molecular flexibility index (Phi) is 8.43. The Bertz CT molecular complexity index is 589. The Labute approximate surface area is 148 Å². The third kappa shape index (κ3) is 6.45. The van der Waals surface area contributed by atoms with E-state index in [1.54, 1.807) is 0 Å². The largest absolute Gasteiger partial charge is 0.395 e. The fraction of sp³-hybridized carbons (Fsp3) is 0.667. The van der Waals surface area contributed by atoms with Gasteiger partial charge in [0.1, 0.15) is 0 Å². The highest BCUT2D eigenvalue weighted by atomic mass is 17.0. The second-order valence-corrected chi connectivity index (χ2v) is 6.34. The SMILES string of the molecule is CCN(O)[C@@H](C)Cc1ccc2ooc2c1.OCCN1CCCCOC1. The second kappa shape index (κ2) is 10.6. The Hall–Kier alpha value is -1.38. The molecule has 7 heteroatoms. The molecule has 7 nitrogen and oxygen atoms in total. The van der Waals surface area contributed by atoms with Crippen LogP contribution in [-0.4, -0.2) is 65.9 Å². The summed E-state index contributed by atoms with van der Waals surface area (Å²) in [5, 5.41) is 19.4. The standard InChI is InChI=1S/C11H15NO3.C7H15NO2/c1-3-12(13)8(2)6-9-4-5-10-11(7-9)15-14-10;9-5-4-8-3-1-2-6-10-7-8/h4-5,7-8,13H,3,6H2,1-2H3;9H,1-7H2/t8-;/m0./s1. The third-order valence-corrected chi connectivity index (χ3v) is 4.30. The maximum Gasteiger partial charge on any atom is 0.225 e. The van der Waals surface area contributed by atoms with E-state index in [4.69, 9.17) is 19.0 Å². The van der Waals surface area contributed by atoms with Gasteiger partial charge in [0.15, 0.2) is 0 Å². The van der Waals surface area contributed by atoms with Gasteiger partial charge in [0, 0.05) is 32.3 Å². The zero-order chi connectivity index (χ0) is 18.1. The van der Waals surface area contributed by atoms with Crippen LogP contribution in [0, 0.1) is 0 Å². The first kappa shape index (κ1) is 19.9. The van der Waals surface area contributed by atoms with E-state index in [2.05, 4.69) is 4.90 Å². The van der Waals surface area contributed by atoms with Gasteiger partial charge in [-0.2, -0.15) is 5.06 Å². The number of benzene rings is 1. The fourth-order valence-corrected chi connectivity index (χ4v) is 2.74. The van der Waals surface area contributed by atoms with Crippen molar-refractivity contribution in [2.75, 3.05) is 39.6 Å². The van der Waals surface area contributed by atoms with Gasteiger partial charge in [-0.1, -0.05) is 13.0 Å². The summed E-state index contributed by atoms with van der Waals surface area (Å²) in [5.74, 6) is 0. The van der Waals surface area contributed by atoms with Gasteiger partial charge in [-0.3, -0.25) is 14.1 Å². The highest BCUT2D eigenvalue weighted by Crippen LogP contribution is 2.20. The zero-order valence-corrected chi connectivity index (χ0v) is 15.2. The van der Waals surface area contributed by atoms with E-state index >= 15 is 0 Å². The van der Waals surface area contributed by atoms with Crippen LogP contribution in [0.3, 0.4) is 0 Å². The lowest BCUT2D eigenvalue weighted by molar-refractivity contribution is -0.117. The van der Waals surface area contributed by atoms with E-state index in [0.29, 0.717) is 13.3 Å². The number of likely N-dealkylation sites (N-methyl/N-ethyl adjacent to an activating group) is 1. The molecular formula is C18H30N2O5. The Morgan fingerprint density at radius 1 is 1.24 bits per heavy atom. The molecule has 0 saturated carbocycles. The molecule has 1 saturated heterocycles. The maximum atomic E-state index is 9.50. The molecule has 1 fully saturated rings. The summed E-state index contributed by atoms with van der Waals surface area (Å²) in [6.45, 7) is 8.17. The Morgan fingerprint density at radius 2 is 2.04 bits per heavy atom. The smallest absolute Gasteiger partial charge is 0.225 e. The first-order valence-electron chi connectivity index (χ1n) is 8.98. The molecule has 2 heterocycles. The summed E-state index contributed by atoms with van der Waals surface area (Å²) in [7, 11) is 0. The van der Waals surface area contributed by atoms with E-state index in [9.17, 15) is 5.21 Å². The summed E-state index contributed by atoms with van der Waals surface area (Å²) in [6.07, 6.45) is 3.14. The van der Waals surface area contributed by atoms with Crippen LogP contribution in [0.1, 0.15) is 32.3 Å². The first-order chi connectivity index (χ1) is 12.1. The lowest BCUT2D eigenvalue weighted by atomic mass is 10.1. The van der Waals surface area contributed by atoms with Gasteiger partial charge < -0.3 is 15.1 Å². The minimum absolute atomic E-state index is 0.106. The maximum absolute atomic E-state index is 9.50. The van der Waals surface area contributed by atoms with Crippen molar-refractivity contribution in [3.05, 3.63) is 23.8 Å². The molecule has 0 bridgehead atoms. The van der Waals surface area contributed by atoms with Crippen molar-refractivity contribution in [2.24, 2.45) is 0 Å². The Morgan fingerprint density at radius 3 is 2.68 bits per heavy atom. The predicted molar refractivity (Wildman–Crippen MR) is 94.5 cm³/mol. The highest BCUT2D eigenvalue weighted by Gasteiger charge is 2.12. The number of fused-ring (bicyclic) bond motifs is 1. The van der Waals surface area contributed by atoms with Gasteiger partial charge in [-0.05, 0) is 43.9 Å². The van der Waals surface area contributed by atoms with Crippen molar-refractivity contribution in [1.29, 1.82) is 0 Å². The summed E-state index contributed by atoms with van der Waals surface area (Å²) < 4.78 is 14.8. The number of aliphatic hydroxyl groups excluding tert-OH is 1. The van der Waals surface area contributed by atoms with Crippen LogP contribution < -0.4 is 0 Å². The third-order valence-electron chi connectivity index (χ3n) is 4.30. The molecule has 1 aromatic carbocycles. The molecule has 0 spiro atoms. The Balaban J connectivity index is 0.000000196. The van der Waals surface area contributed by atoms with Crippen LogP contribution in [0.5, 0.6) is 0 Å². The summed E-state index contributed by atoms with van der Waals surface area (Å²) >= 11 is 0. The van der Waals surface area contributed by atoms with Crippen molar-refractivity contribution >= 4 is 11.2 Å². The topological polar surface area (TPSA) is 82.5 Å². The van der Waals surface area contributed by atoms with Crippen molar-refractivity contribution in [3.8, 4) is 0 Å². The number of nitrogens with zero attached hydrogens (tertiary/aromatic N) is 2. The molecule has 0 amide bonds. The van der Waals surface area contributed by atoms with E-state index in [1.807, 2.05) is 32.0 Å². The molecular weight excluding hydrogens is 324 g/mol. The van der Waals surface area contributed by atoms with E-state index in [1.165, 1.54) is 11.5 Å². The molecule has 1 aliphatic rings. The molecule has 1 aromatic heterocycles. The summed E-state index contributed by atoms with van der Waals surface area (Å²) in [5.41, 5.74) is 2.69. The number of ether oxygens (including phenoxy) is 1. The van der Waals surface area contributed by atoms with Crippen LogP contribution in [0.25, 0.3) is 11.2 Å². The molecule has 1 aliphatic heterocycles. The highest BCUT2D eigenvalue weighted by molar-refractivity contribution is 5.71. The van der Waals surface area contributed by atoms with Crippen molar-refractivity contribution in [2.45, 2.75) is 39.2 Å². The average molecular weight is 354 g/mol. The number of hydroxylamine groups is 2. The number of hydrogen-bond acceptors (Lipinski definition) is 7. The van der Waals surface area contributed by atoms with Crippen LogP contribution in [0.4, 0.5) is 0 Å². The lowest BCUT2D eigenvalue weighted by Crippen LogP contribution is -2.31. The van der Waals surface area contributed by atoms with Gasteiger partial charge >= 0.3 is 0 Å². The summed E-state index contributed by atoms with van der Waals surface area (Å²) in [6, 6.07) is 5.92. The zero-order valence-electron chi connectivity index (χ0n) is 15.2. The lowest BCUT2D eigenvalue weighted by Gasteiger charge is -2.20. The molecule has 1 atom stereocenters. The molecule has 2 aromatic rings. The number of aliphatic hydroxyl groups is 1. The molecule has 3 rings (SSSR count). The first-order valence-corrected chi connectivity index (χ1v) is 8.98. The van der Waals surface area contributed by atoms with Crippen molar-refractivity contribution < 1.29 is 24.2 Å². The molecule has 0 aliphatic carbocycles. The molecule has 25 heavy (non-hydrogen) atoms. The van der Waals surface area contributed by atoms with E-state index in [-0.39, 0.29) is 12.6 Å². The molecule has 2 N–H and O–H groups in total. The van der Waals surface area contributed by atoms with Gasteiger partial charge in [-0.25, -0.2) is 0 Å². The van der Waals surface area contributed by atoms with Crippen LogP contribution in [-0.2, 0) is 11.2 Å². The second-order valence-electron chi connectivity index (χ2n) is 6.34. The van der Waals surface area contributed by atoms with Crippen molar-refractivity contribution in [1.82, 2.24) is 9.96 Å². The number of β-amino-alcohol motifs (C(OH)–C–C–N with tert-alkyl or cyclic N) is 1. The van der Waals surface area contributed by atoms with Crippen LogP contribution in [0.2, 0.25) is 0 Å². The van der Waals surface area contributed by atoms with Gasteiger partial charge in [0.2, 0.25) is 11.2 Å². The number of rotatable bonds is 6. The van der Waals surface area contributed by atoms with Crippen LogP contribution in [0.15, 0.2) is 27.4 Å². The summed E-state index contributed by atoms with van der Waals surface area (Å²) in [4.78, 5) is 2.13. The van der Waals surface area contributed by atoms with Gasteiger partial charge in [-0.15, -0.1) is 0 Å². The number of hydrogen-bond donors (Lipinski definition) is 2. The normalized spacial score (nSPS) is 17.3. The molecule has 0 unspecified atom stereocenters. The van der Waals surface area contributed by atoms with E-state index in [0.717, 1.165) is 49.3 Å². The van der Waals surface area contributed by atoms with Crippen LogP contribution >= 0.6 is 0 Å². The average Bonchev–Trinajstić information content (AvgIpc) is 2.86. The van der Waals surface area contributed by atoms with E-state index < -0.39 is 0 Å². The molecule has 0 radical (unpaired) electrons. The van der Waals surface area contributed by atoms with Crippen molar-refractivity contribution in [3.63, 3.8) is 0 Å². The minimum Gasteiger partial charge on any atom is -0.395 e. The monoisotopic (exact) mass is 354 g/mol.